The molecule has 0 fully saturated rings. The van der Waals surface area contributed by atoms with Crippen LogP contribution in [0.5, 0.6) is 0 Å². The maximum Gasteiger partial charge on any atom is 0.126 e. The molecule has 0 bridgehead atoms. The molecule has 0 aliphatic rings. The van der Waals surface area contributed by atoms with E-state index in [-0.39, 0.29) is 11.9 Å². The van der Waals surface area contributed by atoms with E-state index >= 15 is 0 Å². The van der Waals surface area contributed by atoms with Crippen LogP contribution in [0.1, 0.15) is 48.5 Å². The van der Waals surface area contributed by atoms with E-state index in [0.29, 0.717) is 0 Å². The van der Waals surface area contributed by atoms with Gasteiger partial charge in [-0.2, -0.15) is 0 Å². The molecule has 2 nitrogen and oxygen atoms in total. The molecule has 0 saturated heterocycles. The maximum absolute atomic E-state index is 9.44. The maximum atomic E-state index is 9.44. The smallest absolute Gasteiger partial charge is 0.126 e. The monoisotopic (exact) mass is 176 g/mol. The van der Waals surface area contributed by atoms with Crippen molar-refractivity contribution in [2.45, 2.75) is 54.6 Å². The number of carbonyl (C=O) groups is 1. The molecule has 1 N–H and O–H groups in total. The summed E-state index contributed by atoms with van der Waals surface area (Å²) in [5.74, 6) is 1.00. The summed E-state index contributed by atoms with van der Waals surface area (Å²) in [6.07, 6.45) is -0.167. The molecule has 12 heavy (non-hydrogen) atoms. The second kappa shape index (κ2) is 13.2. The highest BCUT2D eigenvalue weighted by Crippen LogP contribution is 1.81. The van der Waals surface area contributed by atoms with Gasteiger partial charge in [-0.15, -0.1) is 0 Å². The van der Waals surface area contributed by atoms with Gasteiger partial charge in [-0.1, -0.05) is 20.8 Å². The molecular weight excluding hydrogens is 152 g/mol. The lowest BCUT2D eigenvalue weighted by atomic mass is 10.3. The third-order valence-electron chi connectivity index (χ3n) is 0. The molecule has 0 aromatic rings. The third kappa shape index (κ3) is 5240. The molecule has 0 spiro atoms. The van der Waals surface area contributed by atoms with E-state index in [2.05, 4.69) is 20.8 Å². The van der Waals surface area contributed by atoms with Crippen LogP contribution in [0.2, 0.25) is 0 Å². The van der Waals surface area contributed by atoms with Crippen LogP contribution in [0.4, 0.5) is 0 Å². The van der Waals surface area contributed by atoms with E-state index in [0.717, 1.165) is 5.92 Å². The highest BCUT2D eigenvalue weighted by molar-refractivity contribution is 5.72. The van der Waals surface area contributed by atoms with Gasteiger partial charge in [0.15, 0.2) is 0 Å². The van der Waals surface area contributed by atoms with Crippen molar-refractivity contribution in [3.8, 4) is 0 Å². The summed E-state index contributed by atoms with van der Waals surface area (Å²) >= 11 is 0. The fourth-order valence-corrected chi connectivity index (χ4v) is 0. The fourth-order valence-electron chi connectivity index (χ4n) is 0. The number of rotatable bonds is 0. The van der Waals surface area contributed by atoms with Crippen molar-refractivity contribution in [2.75, 3.05) is 0 Å². The first kappa shape index (κ1) is 17.6. The molecule has 0 aliphatic heterocycles. The van der Waals surface area contributed by atoms with Gasteiger partial charge in [-0.05, 0) is 33.6 Å². The molecule has 0 radical (unpaired) electrons. The number of carbonyl (C=O) groups excluding carboxylic acids is 1. The van der Waals surface area contributed by atoms with Crippen LogP contribution in [-0.2, 0) is 4.79 Å². The molecule has 0 saturated carbocycles. The molecule has 76 valence electrons. The second-order valence-corrected chi connectivity index (χ2v) is 3.73. The molecule has 0 heterocycles. The Morgan fingerprint density at radius 1 is 1.00 bits per heavy atom. The normalized spacial score (nSPS) is 8.17. The summed E-state index contributed by atoms with van der Waals surface area (Å²) in [7, 11) is 0. The number of hydrogen-bond donors (Lipinski definition) is 1. The molecule has 0 rings (SSSR count). The molecular formula is C10H24O2. The minimum Gasteiger partial charge on any atom is -0.394 e. The topological polar surface area (TPSA) is 37.3 Å². The van der Waals surface area contributed by atoms with Crippen LogP contribution in [0, 0.1) is 5.92 Å². The van der Waals surface area contributed by atoms with Crippen molar-refractivity contribution in [3.05, 3.63) is 0 Å². The predicted octanol–water partition coefficient (Wildman–Crippen LogP) is 2.64. The Hall–Kier alpha value is -0.370. The Morgan fingerprint density at radius 3 is 1.00 bits per heavy atom. The van der Waals surface area contributed by atoms with E-state index in [9.17, 15) is 4.79 Å². The van der Waals surface area contributed by atoms with Crippen LogP contribution in [-0.4, -0.2) is 17.0 Å². The minimum absolute atomic E-state index is 0.167. The van der Waals surface area contributed by atoms with Crippen molar-refractivity contribution < 1.29 is 9.90 Å². The van der Waals surface area contributed by atoms with Gasteiger partial charge >= 0.3 is 0 Å². The molecule has 0 unspecified atom stereocenters. The molecule has 0 amide bonds. The standard InChI is InChI=1S/C4H10.C3H8O.C3H6O/c1-4(2)3;2*1-3(2)4/h4H,1-3H3;3-4H,1-2H3;1-2H3. The highest BCUT2D eigenvalue weighted by Gasteiger charge is 1.69. The van der Waals surface area contributed by atoms with Crippen LogP contribution in [0.3, 0.4) is 0 Å². The van der Waals surface area contributed by atoms with Crippen LogP contribution < -0.4 is 0 Å². The van der Waals surface area contributed by atoms with Crippen LogP contribution in [0.15, 0.2) is 0 Å². The number of aliphatic hydroxyl groups excluding tert-OH is 1. The van der Waals surface area contributed by atoms with E-state index in [1.807, 2.05) is 0 Å². The first-order valence-corrected chi connectivity index (χ1v) is 4.35. The zero-order chi connectivity index (χ0) is 10.7. The lowest BCUT2D eigenvalue weighted by Gasteiger charge is -1.80. The van der Waals surface area contributed by atoms with Gasteiger partial charge in [0.25, 0.3) is 0 Å². The number of aliphatic hydroxyl groups is 1. The lowest BCUT2D eigenvalue weighted by molar-refractivity contribution is -0.114. The van der Waals surface area contributed by atoms with Crippen molar-refractivity contribution in [1.29, 1.82) is 0 Å². The first-order valence-electron chi connectivity index (χ1n) is 4.35. The summed E-state index contributed by atoms with van der Waals surface area (Å²) in [4.78, 5) is 9.44. The van der Waals surface area contributed by atoms with Crippen molar-refractivity contribution in [1.82, 2.24) is 0 Å². The summed E-state index contributed by atoms with van der Waals surface area (Å²) in [6, 6.07) is 0. The molecule has 2 heteroatoms. The van der Waals surface area contributed by atoms with E-state index in [1.165, 1.54) is 13.8 Å². The highest BCUT2D eigenvalue weighted by atomic mass is 16.3. The molecule has 0 atom stereocenters. The SMILES string of the molecule is CC(C)=O.CC(C)C.CC(C)O. The zero-order valence-electron chi connectivity index (χ0n) is 9.51. The zero-order valence-corrected chi connectivity index (χ0v) is 9.51. The van der Waals surface area contributed by atoms with Gasteiger partial charge in [-0.3, -0.25) is 0 Å². The Kier molecular flexibility index (Phi) is 19.5. The predicted molar refractivity (Wildman–Crippen MR) is 54.2 cm³/mol. The van der Waals surface area contributed by atoms with Crippen molar-refractivity contribution >= 4 is 5.78 Å². The van der Waals surface area contributed by atoms with E-state index in [4.69, 9.17) is 5.11 Å². The first-order chi connectivity index (χ1) is 5.20. The lowest BCUT2D eigenvalue weighted by Crippen LogP contribution is -1.85. The van der Waals surface area contributed by atoms with Gasteiger partial charge in [0.2, 0.25) is 0 Å². The van der Waals surface area contributed by atoms with Gasteiger partial charge < -0.3 is 9.90 Å². The molecule has 0 aromatic heterocycles. The Labute approximate surface area is 77.0 Å². The molecule has 0 aliphatic carbocycles. The second-order valence-electron chi connectivity index (χ2n) is 3.73. The van der Waals surface area contributed by atoms with Gasteiger partial charge in [-0.25, -0.2) is 0 Å². The summed E-state index contributed by atoms with van der Waals surface area (Å²) in [5, 5.41) is 8.06. The van der Waals surface area contributed by atoms with E-state index in [1.54, 1.807) is 13.8 Å². The summed E-state index contributed by atoms with van der Waals surface area (Å²) in [5.41, 5.74) is 0. The number of ketones is 1. The average Bonchev–Trinajstić information content (AvgIpc) is 1.54. The average molecular weight is 176 g/mol. The Balaban J connectivity index is -0.000000101. The van der Waals surface area contributed by atoms with Gasteiger partial charge in [0.05, 0.1) is 0 Å². The Morgan fingerprint density at radius 2 is 1.00 bits per heavy atom. The molecule has 0 aromatic carbocycles. The largest absolute Gasteiger partial charge is 0.394 e. The van der Waals surface area contributed by atoms with Gasteiger partial charge in [0.1, 0.15) is 5.78 Å². The summed E-state index contributed by atoms with van der Waals surface area (Å²) < 4.78 is 0. The van der Waals surface area contributed by atoms with Crippen molar-refractivity contribution in [2.24, 2.45) is 5.92 Å². The Bertz CT molecular complexity index is 70.3. The van der Waals surface area contributed by atoms with Crippen LogP contribution in [0.25, 0.3) is 0 Å². The third-order valence-corrected chi connectivity index (χ3v) is 0. The number of Topliss-reactive ketones (excluding diaryl/α,β-unsaturated/α-hetero) is 1. The summed E-state index contributed by atoms with van der Waals surface area (Å²) in [6.45, 7) is 13.0. The van der Waals surface area contributed by atoms with E-state index < -0.39 is 0 Å². The quantitative estimate of drug-likeness (QED) is 0.616. The van der Waals surface area contributed by atoms with Gasteiger partial charge in [0, 0.05) is 6.10 Å². The van der Waals surface area contributed by atoms with Crippen molar-refractivity contribution in [3.63, 3.8) is 0 Å². The number of hydrogen-bond acceptors (Lipinski definition) is 2. The van der Waals surface area contributed by atoms with Crippen LogP contribution >= 0.6 is 0 Å². The minimum atomic E-state index is -0.167. The fraction of sp³-hybridized carbons (Fsp3) is 0.900.